The highest BCUT2D eigenvalue weighted by Gasteiger charge is 2.10. The van der Waals surface area contributed by atoms with Gasteiger partial charge in [0.05, 0.1) is 14.2 Å². The van der Waals surface area contributed by atoms with E-state index in [1.165, 1.54) is 0 Å². The SMILES string of the molecule is C=CCNC(=O)c1cc(C)nc(NCCc2ccc(OC)c(OC)c2)n1. The molecule has 0 aliphatic heterocycles. The summed E-state index contributed by atoms with van der Waals surface area (Å²) in [5, 5.41) is 5.86. The van der Waals surface area contributed by atoms with Crippen LogP contribution in [0.25, 0.3) is 0 Å². The molecular formula is C19H24N4O3. The number of ether oxygens (including phenoxy) is 2. The Balaban J connectivity index is 2.00. The van der Waals surface area contributed by atoms with Crippen LogP contribution in [-0.2, 0) is 6.42 Å². The lowest BCUT2D eigenvalue weighted by molar-refractivity contribution is 0.0953. The fraction of sp³-hybridized carbons (Fsp3) is 0.316. The molecule has 1 heterocycles. The van der Waals surface area contributed by atoms with E-state index >= 15 is 0 Å². The molecule has 1 amide bonds. The molecule has 0 spiro atoms. The second-order valence-corrected chi connectivity index (χ2v) is 5.58. The molecule has 1 aromatic carbocycles. The summed E-state index contributed by atoms with van der Waals surface area (Å²) in [5.74, 6) is 1.56. The van der Waals surface area contributed by atoms with E-state index in [0.29, 0.717) is 36.2 Å². The Labute approximate surface area is 153 Å². The third kappa shape index (κ3) is 5.20. The summed E-state index contributed by atoms with van der Waals surface area (Å²) in [4.78, 5) is 20.6. The molecule has 2 aromatic rings. The highest BCUT2D eigenvalue weighted by atomic mass is 16.5. The van der Waals surface area contributed by atoms with Gasteiger partial charge in [-0.25, -0.2) is 9.97 Å². The van der Waals surface area contributed by atoms with Gasteiger partial charge in [-0.15, -0.1) is 6.58 Å². The minimum absolute atomic E-state index is 0.252. The molecule has 0 saturated heterocycles. The number of rotatable bonds is 9. The lowest BCUT2D eigenvalue weighted by Crippen LogP contribution is -2.25. The van der Waals surface area contributed by atoms with Gasteiger partial charge in [0.2, 0.25) is 5.95 Å². The van der Waals surface area contributed by atoms with Gasteiger partial charge in [-0.05, 0) is 37.1 Å². The summed E-state index contributed by atoms with van der Waals surface area (Å²) in [6, 6.07) is 7.44. The van der Waals surface area contributed by atoms with Crippen LogP contribution in [0.1, 0.15) is 21.7 Å². The molecule has 26 heavy (non-hydrogen) atoms. The summed E-state index contributed by atoms with van der Waals surface area (Å²) >= 11 is 0. The summed E-state index contributed by atoms with van der Waals surface area (Å²) in [5.41, 5.74) is 2.14. The number of methoxy groups -OCH3 is 2. The van der Waals surface area contributed by atoms with E-state index in [9.17, 15) is 4.79 Å². The summed E-state index contributed by atoms with van der Waals surface area (Å²) < 4.78 is 10.5. The minimum Gasteiger partial charge on any atom is -0.493 e. The topological polar surface area (TPSA) is 85.4 Å². The van der Waals surface area contributed by atoms with Crippen LogP contribution in [0.4, 0.5) is 5.95 Å². The minimum atomic E-state index is -0.252. The largest absolute Gasteiger partial charge is 0.493 e. The van der Waals surface area contributed by atoms with E-state index in [4.69, 9.17) is 9.47 Å². The van der Waals surface area contributed by atoms with Crippen molar-refractivity contribution in [3.05, 3.63) is 53.9 Å². The molecule has 0 bridgehead atoms. The molecular weight excluding hydrogens is 332 g/mol. The predicted octanol–water partition coefficient (Wildman–Crippen LogP) is 2.37. The molecule has 138 valence electrons. The summed E-state index contributed by atoms with van der Waals surface area (Å²) in [6.07, 6.45) is 2.36. The average molecular weight is 356 g/mol. The Kier molecular flexibility index (Phi) is 6.96. The maximum Gasteiger partial charge on any atom is 0.270 e. The number of amides is 1. The number of nitrogens with one attached hydrogen (secondary N) is 2. The Bertz CT molecular complexity index is 777. The van der Waals surface area contributed by atoms with Gasteiger partial charge in [-0.2, -0.15) is 0 Å². The van der Waals surface area contributed by atoms with Crippen molar-refractivity contribution in [2.45, 2.75) is 13.3 Å². The molecule has 2 N–H and O–H groups in total. The number of aromatic nitrogens is 2. The van der Waals surface area contributed by atoms with E-state index < -0.39 is 0 Å². The fourth-order valence-electron chi connectivity index (χ4n) is 2.37. The first-order valence-corrected chi connectivity index (χ1v) is 8.27. The van der Waals surface area contributed by atoms with Crippen LogP contribution in [0.15, 0.2) is 36.9 Å². The zero-order valence-corrected chi connectivity index (χ0v) is 15.3. The Morgan fingerprint density at radius 2 is 1.96 bits per heavy atom. The predicted molar refractivity (Wildman–Crippen MR) is 101 cm³/mol. The number of aryl methyl sites for hydroxylation is 1. The van der Waals surface area contributed by atoms with Crippen LogP contribution in [0.2, 0.25) is 0 Å². The van der Waals surface area contributed by atoms with Gasteiger partial charge in [0.25, 0.3) is 5.91 Å². The molecule has 2 rings (SSSR count). The zero-order chi connectivity index (χ0) is 18.9. The first kappa shape index (κ1) is 19.2. The number of carbonyl (C=O) groups excluding carboxylic acids is 1. The highest BCUT2D eigenvalue weighted by molar-refractivity contribution is 5.92. The van der Waals surface area contributed by atoms with Crippen molar-refractivity contribution in [2.24, 2.45) is 0 Å². The maximum absolute atomic E-state index is 12.0. The number of hydrogen-bond acceptors (Lipinski definition) is 6. The van der Waals surface area contributed by atoms with Crippen LogP contribution in [-0.4, -0.2) is 43.2 Å². The lowest BCUT2D eigenvalue weighted by atomic mass is 10.1. The number of anilines is 1. The standard InChI is InChI=1S/C19H24N4O3/c1-5-9-20-18(24)15-11-13(2)22-19(23-15)21-10-8-14-6-7-16(25-3)17(12-14)26-4/h5-7,11-12H,1,8-10H2,2-4H3,(H,20,24)(H,21,22,23). The quantitative estimate of drug-likeness (QED) is 0.671. The van der Waals surface area contributed by atoms with Crippen molar-refractivity contribution in [3.8, 4) is 11.5 Å². The number of nitrogens with zero attached hydrogens (tertiary/aromatic N) is 2. The molecule has 7 nitrogen and oxygen atoms in total. The molecule has 0 radical (unpaired) electrons. The Morgan fingerprint density at radius 3 is 2.65 bits per heavy atom. The molecule has 7 heteroatoms. The zero-order valence-electron chi connectivity index (χ0n) is 15.3. The van der Waals surface area contributed by atoms with Crippen LogP contribution in [0.3, 0.4) is 0 Å². The molecule has 0 aliphatic rings. The van der Waals surface area contributed by atoms with Gasteiger partial charge in [-0.3, -0.25) is 4.79 Å². The summed E-state index contributed by atoms with van der Waals surface area (Å²) in [6.45, 7) is 6.41. The summed E-state index contributed by atoms with van der Waals surface area (Å²) in [7, 11) is 3.22. The molecule has 0 saturated carbocycles. The second-order valence-electron chi connectivity index (χ2n) is 5.58. The van der Waals surface area contributed by atoms with Crippen LogP contribution in [0, 0.1) is 6.92 Å². The second kappa shape index (κ2) is 9.41. The van der Waals surface area contributed by atoms with E-state index in [0.717, 1.165) is 17.7 Å². The third-order valence-corrected chi connectivity index (χ3v) is 3.64. The molecule has 0 atom stereocenters. The maximum atomic E-state index is 12.0. The molecule has 0 unspecified atom stereocenters. The Morgan fingerprint density at radius 1 is 1.19 bits per heavy atom. The van der Waals surface area contributed by atoms with E-state index in [1.807, 2.05) is 25.1 Å². The van der Waals surface area contributed by atoms with Gasteiger partial charge in [-0.1, -0.05) is 12.1 Å². The van der Waals surface area contributed by atoms with E-state index in [-0.39, 0.29) is 5.91 Å². The van der Waals surface area contributed by atoms with Gasteiger partial charge < -0.3 is 20.1 Å². The van der Waals surface area contributed by atoms with Crippen molar-refractivity contribution in [3.63, 3.8) is 0 Å². The van der Waals surface area contributed by atoms with Gasteiger partial charge in [0.15, 0.2) is 11.5 Å². The first-order chi connectivity index (χ1) is 12.6. The van der Waals surface area contributed by atoms with Gasteiger partial charge >= 0.3 is 0 Å². The normalized spacial score (nSPS) is 10.1. The number of carbonyl (C=O) groups is 1. The lowest BCUT2D eigenvalue weighted by Gasteiger charge is -2.11. The van der Waals surface area contributed by atoms with Crippen molar-refractivity contribution in [1.82, 2.24) is 15.3 Å². The number of hydrogen-bond donors (Lipinski definition) is 2. The van der Waals surface area contributed by atoms with Crippen molar-refractivity contribution >= 4 is 11.9 Å². The van der Waals surface area contributed by atoms with Crippen LogP contribution in [0.5, 0.6) is 11.5 Å². The molecule has 1 aromatic heterocycles. The molecule has 0 fully saturated rings. The van der Waals surface area contributed by atoms with Crippen molar-refractivity contribution in [1.29, 1.82) is 0 Å². The van der Waals surface area contributed by atoms with Gasteiger partial charge in [0, 0.05) is 18.8 Å². The monoisotopic (exact) mass is 356 g/mol. The third-order valence-electron chi connectivity index (χ3n) is 3.64. The highest BCUT2D eigenvalue weighted by Crippen LogP contribution is 2.27. The number of benzene rings is 1. The van der Waals surface area contributed by atoms with E-state index in [2.05, 4.69) is 27.2 Å². The van der Waals surface area contributed by atoms with Gasteiger partial charge in [0.1, 0.15) is 5.69 Å². The van der Waals surface area contributed by atoms with Crippen molar-refractivity contribution in [2.75, 3.05) is 32.6 Å². The fourth-order valence-corrected chi connectivity index (χ4v) is 2.37. The average Bonchev–Trinajstić information content (AvgIpc) is 2.65. The van der Waals surface area contributed by atoms with E-state index in [1.54, 1.807) is 26.4 Å². The Hall–Kier alpha value is -3.09. The molecule has 0 aliphatic carbocycles. The smallest absolute Gasteiger partial charge is 0.270 e. The van der Waals surface area contributed by atoms with Crippen LogP contribution < -0.4 is 20.1 Å². The first-order valence-electron chi connectivity index (χ1n) is 8.27. The van der Waals surface area contributed by atoms with Crippen molar-refractivity contribution < 1.29 is 14.3 Å². The van der Waals surface area contributed by atoms with Crippen LogP contribution >= 0.6 is 0 Å².